The number of aryl methyl sites for hydroxylation is 1. The number of carboxylic acids is 1. The number of anilines is 1. The van der Waals surface area contributed by atoms with Crippen LogP contribution in [0.25, 0.3) is 0 Å². The lowest BCUT2D eigenvalue weighted by Gasteiger charge is -2.34. The fourth-order valence-corrected chi connectivity index (χ4v) is 3.42. The lowest BCUT2D eigenvalue weighted by Crippen LogP contribution is -3.13. The molecular weight excluding hydrogens is 300 g/mol. The van der Waals surface area contributed by atoms with Gasteiger partial charge in [0.25, 0.3) is 0 Å². The molecule has 4 nitrogen and oxygen atoms in total. The van der Waals surface area contributed by atoms with E-state index in [9.17, 15) is 9.90 Å². The lowest BCUT2D eigenvalue weighted by molar-refractivity contribution is -0.914. The van der Waals surface area contributed by atoms with Crippen LogP contribution < -0.4 is 14.9 Å². The largest absolute Gasteiger partial charge is 0.545 e. The highest BCUT2D eigenvalue weighted by molar-refractivity contribution is 5.85. The van der Waals surface area contributed by atoms with Crippen molar-refractivity contribution in [1.29, 1.82) is 0 Å². The Morgan fingerprint density at radius 2 is 1.83 bits per heavy atom. The maximum Gasteiger partial charge on any atom is 0.103 e. The molecule has 0 radical (unpaired) electrons. The van der Waals surface area contributed by atoms with E-state index in [2.05, 4.69) is 36.9 Å². The molecule has 0 aromatic heterocycles. The van der Waals surface area contributed by atoms with Crippen molar-refractivity contribution in [3.05, 3.63) is 64.7 Å². The first-order valence-corrected chi connectivity index (χ1v) is 8.49. The summed E-state index contributed by atoms with van der Waals surface area (Å²) in [5.74, 6) is -1.11. The number of nitrogens with one attached hydrogen (secondary N) is 1. The molecule has 0 unspecified atom stereocenters. The van der Waals surface area contributed by atoms with Gasteiger partial charge < -0.3 is 19.7 Å². The van der Waals surface area contributed by atoms with Crippen LogP contribution in [0.1, 0.15) is 27.0 Å². The topological polar surface area (TPSA) is 47.8 Å². The van der Waals surface area contributed by atoms with Crippen LogP contribution in [0.3, 0.4) is 0 Å². The first kappa shape index (κ1) is 16.5. The van der Waals surface area contributed by atoms with Crippen molar-refractivity contribution in [1.82, 2.24) is 0 Å². The minimum atomic E-state index is -1.11. The molecule has 2 aromatic carbocycles. The first-order chi connectivity index (χ1) is 11.5. The summed E-state index contributed by atoms with van der Waals surface area (Å²) < 4.78 is 0. The molecule has 0 aliphatic carbocycles. The van der Waals surface area contributed by atoms with Crippen LogP contribution in [0, 0.1) is 13.8 Å². The predicted molar refractivity (Wildman–Crippen MR) is 93.3 cm³/mol. The summed E-state index contributed by atoms with van der Waals surface area (Å²) in [5, 5.41) is 11.0. The number of hydrogen-bond acceptors (Lipinski definition) is 3. The van der Waals surface area contributed by atoms with Crippen molar-refractivity contribution in [2.75, 3.05) is 31.1 Å². The van der Waals surface area contributed by atoms with E-state index >= 15 is 0 Å². The number of carbonyl (C=O) groups excluding carboxylic acids is 1. The number of nitrogens with zero attached hydrogens (tertiary/aromatic N) is 1. The van der Waals surface area contributed by atoms with E-state index < -0.39 is 5.97 Å². The van der Waals surface area contributed by atoms with Gasteiger partial charge in [-0.1, -0.05) is 30.3 Å². The Labute approximate surface area is 143 Å². The minimum absolute atomic E-state index is 0.265. The van der Waals surface area contributed by atoms with Gasteiger partial charge in [0.05, 0.1) is 32.1 Å². The Morgan fingerprint density at radius 3 is 2.54 bits per heavy atom. The van der Waals surface area contributed by atoms with Gasteiger partial charge in [0.15, 0.2) is 0 Å². The van der Waals surface area contributed by atoms with Gasteiger partial charge in [0, 0.05) is 11.3 Å². The highest BCUT2D eigenvalue weighted by atomic mass is 16.4. The smallest absolute Gasteiger partial charge is 0.103 e. The van der Waals surface area contributed by atoms with Gasteiger partial charge in [-0.3, -0.25) is 0 Å². The third-order valence-corrected chi connectivity index (χ3v) is 5.00. The van der Waals surface area contributed by atoms with Crippen LogP contribution in [0.15, 0.2) is 42.5 Å². The summed E-state index contributed by atoms with van der Waals surface area (Å²) in [6.45, 7) is 9.38. The van der Waals surface area contributed by atoms with Gasteiger partial charge in [-0.15, -0.1) is 0 Å². The Balaban J connectivity index is 1.62. The average molecular weight is 324 g/mol. The number of carbonyl (C=O) groups is 1. The SMILES string of the molecule is Cc1cccc(N2CC[NH+](Cc3cccc(C(=O)[O-])c3)CC2)c1C. The molecule has 1 saturated heterocycles. The van der Waals surface area contributed by atoms with E-state index in [0.29, 0.717) is 0 Å². The second-order valence-corrected chi connectivity index (χ2v) is 6.62. The summed E-state index contributed by atoms with van der Waals surface area (Å²) in [4.78, 5) is 14.9. The van der Waals surface area contributed by atoms with Crippen molar-refractivity contribution >= 4 is 11.7 Å². The second kappa shape index (κ2) is 7.05. The molecule has 1 aliphatic rings. The van der Waals surface area contributed by atoms with Crippen LogP contribution >= 0.6 is 0 Å². The molecule has 1 fully saturated rings. The normalized spacial score (nSPS) is 15.5. The van der Waals surface area contributed by atoms with Gasteiger partial charge in [0.2, 0.25) is 0 Å². The molecule has 2 aromatic rings. The monoisotopic (exact) mass is 324 g/mol. The van der Waals surface area contributed by atoms with Crippen LogP contribution in [-0.4, -0.2) is 32.1 Å². The van der Waals surface area contributed by atoms with Crippen molar-refractivity contribution in [3.63, 3.8) is 0 Å². The van der Waals surface area contributed by atoms with E-state index in [0.717, 1.165) is 38.3 Å². The number of hydrogen-bond donors (Lipinski definition) is 1. The van der Waals surface area contributed by atoms with Crippen LogP contribution in [0.2, 0.25) is 0 Å². The molecule has 3 rings (SSSR count). The molecule has 4 heteroatoms. The number of rotatable bonds is 4. The van der Waals surface area contributed by atoms with E-state index in [1.165, 1.54) is 21.7 Å². The molecule has 0 amide bonds. The van der Waals surface area contributed by atoms with Gasteiger partial charge in [0.1, 0.15) is 6.54 Å². The third kappa shape index (κ3) is 3.60. The van der Waals surface area contributed by atoms with Crippen molar-refractivity contribution in [2.24, 2.45) is 0 Å². The molecule has 1 aliphatic heterocycles. The Morgan fingerprint density at radius 1 is 1.12 bits per heavy atom. The van der Waals surface area contributed by atoms with Crippen molar-refractivity contribution in [3.8, 4) is 0 Å². The molecular formula is C20H24N2O2. The van der Waals surface area contributed by atoms with Crippen LogP contribution in [0.5, 0.6) is 0 Å². The number of quaternary nitrogens is 1. The summed E-state index contributed by atoms with van der Waals surface area (Å²) in [6, 6.07) is 13.6. The molecule has 0 atom stereocenters. The molecule has 0 saturated carbocycles. The maximum absolute atomic E-state index is 11.0. The van der Waals surface area contributed by atoms with Crippen molar-refractivity contribution < 1.29 is 14.8 Å². The molecule has 0 spiro atoms. The van der Waals surface area contributed by atoms with Crippen LogP contribution in [0.4, 0.5) is 5.69 Å². The summed E-state index contributed by atoms with van der Waals surface area (Å²) in [5.41, 5.74) is 5.37. The predicted octanol–water partition coefficient (Wildman–Crippen LogP) is 0.572. The van der Waals surface area contributed by atoms with E-state index in [-0.39, 0.29) is 5.56 Å². The quantitative estimate of drug-likeness (QED) is 0.895. The zero-order valence-corrected chi connectivity index (χ0v) is 14.3. The van der Waals surface area contributed by atoms with E-state index in [1.54, 1.807) is 18.2 Å². The van der Waals surface area contributed by atoms with Crippen molar-refractivity contribution in [2.45, 2.75) is 20.4 Å². The highest BCUT2D eigenvalue weighted by Gasteiger charge is 2.21. The summed E-state index contributed by atoms with van der Waals surface area (Å²) in [7, 11) is 0. The number of carboxylic acid groups (broad SMARTS) is 1. The van der Waals surface area contributed by atoms with E-state index in [1.807, 2.05) is 6.07 Å². The second-order valence-electron chi connectivity index (χ2n) is 6.62. The first-order valence-electron chi connectivity index (χ1n) is 8.49. The molecule has 1 heterocycles. The minimum Gasteiger partial charge on any atom is -0.545 e. The molecule has 126 valence electrons. The van der Waals surface area contributed by atoms with Gasteiger partial charge in [-0.25, -0.2) is 0 Å². The van der Waals surface area contributed by atoms with Crippen LogP contribution in [-0.2, 0) is 6.54 Å². The fraction of sp³-hybridized carbons (Fsp3) is 0.350. The Hall–Kier alpha value is -2.33. The number of benzene rings is 2. The fourth-order valence-electron chi connectivity index (χ4n) is 3.42. The van der Waals surface area contributed by atoms with Gasteiger partial charge in [-0.2, -0.15) is 0 Å². The third-order valence-electron chi connectivity index (χ3n) is 5.00. The highest BCUT2D eigenvalue weighted by Crippen LogP contribution is 2.22. The molecule has 1 N–H and O–H groups in total. The summed E-state index contributed by atoms with van der Waals surface area (Å²) >= 11 is 0. The van der Waals surface area contributed by atoms with Gasteiger partial charge >= 0.3 is 0 Å². The summed E-state index contributed by atoms with van der Waals surface area (Å²) in [6.07, 6.45) is 0. The average Bonchev–Trinajstić information content (AvgIpc) is 2.58. The Kier molecular flexibility index (Phi) is 4.86. The number of aromatic carboxylic acids is 1. The number of piperazine rings is 1. The lowest BCUT2D eigenvalue weighted by atomic mass is 10.1. The maximum atomic E-state index is 11.0. The zero-order valence-electron chi connectivity index (χ0n) is 14.3. The standard InChI is InChI=1S/C20H24N2O2/c1-15-5-3-8-19(16(15)2)22-11-9-21(10-12-22)14-17-6-4-7-18(13-17)20(23)24/h3-8,13H,9-12,14H2,1-2H3,(H,23,24). The van der Waals surface area contributed by atoms with Gasteiger partial charge in [-0.05, 0) is 42.7 Å². The molecule has 24 heavy (non-hydrogen) atoms. The molecule has 0 bridgehead atoms. The Bertz CT molecular complexity index is 734. The van der Waals surface area contributed by atoms with E-state index in [4.69, 9.17) is 0 Å². The zero-order chi connectivity index (χ0) is 17.1.